The summed E-state index contributed by atoms with van der Waals surface area (Å²) in [7, 11) is 0. The predicted molar refractivity (Wildman–Crippen MR) is 102 cm³/mol. The molecule has 1 fully saturated rings. The Labute approximate surface area is 151 Å². The van der Waals surface area contributed by atoms with Crippen molar-refractivity contribution in [2.24, 2.45) is 0 Å². The van der Waals surface area contributed by atoms with E-state index in [4.69, 9.17) is 4.74 Å². The molecule has 124 valence electrons. The highest BCUT2D eigenvalue weighted by atomic mass is 32.2. The zero-order valence-corrected chi connectivity index (χ0v) is 14.4. The van der Waals surface area contributed by atoms with Crippen molar-refractivity contribution < 1.29 is 9.53 Å². The average Bonchev–Trinajstić information content (AvgIpc) is 3.05. The van der Waals surface area contributed by atoms with E-state index in [0.717, 1.165) is 22.7 Å². The number of para-hydroxylation sites is 1. The van der Waals surface area contributed by atoms with Crippen molar-refractivity contribution in [2.45, 2.75) is 5.37 Å². The zero-order valence-electron chi connectivity index (χ0n) is 13.5. The van der Waals surface area contributed by atoms with E-state index < -0.39 is 0 Å². The maximum Gasteiger partial charge on any atom is 0.238 e. The molecule has 0 unspecified atom stereocenters. The summed E-state index contributed by atoms with van der Waals surface area (Å²) in [5.74, 6) is 2.19. The second-order valence-corrected chi connectivity index (χ2v) is 6.82. The van der Waals surface area contributed by atoms with E-state index in [0.29, 0.717) is 5.75 Å². The molecule has 1 atom stereocenters. The van der Waals surface area contributed by atoms with Crippen LogP contribution in [0.15, 0.2) is 84.9 Å². The van der Waals surface area contributed by atoms with Gasteiger partial charge in [0, 0.05) is 5.69 Å². The van der Waals surface area contributed by atoms with Crippen LogP contribution in [0.4, 0.5) is 5.69 Å². The van der Waals surface area contributed by atoms with E-state index in [1.54, 1.807) is 11.8 Å². The van der Waals surface area contributed by atoms with Gasteiger partial charge in [-0.2, -0.15) is 0 Å². The molecule has 0 aliphatic carbocycles. The molecule has 1 aliphatic heterocycles. The van der Waals surface area contributed by atoms with E-state index in [1.807, 2.05) is 77.7 Å². The normalized spacial score (nSPS) is 16.9. The van der Waals surface area contributed by atoms with Crippen molar-refractivity contribution in [2.75, 3.05) is 10.7 Å². The topological polar surface area (TPSA) is 29.5 Å². The Bertz CT molecular complexity index is 850. The van der Waals surface area contributed by atoms with Gasteiger partial charge in [-0.3, -0.25) is 9.69 Å². The highest BCUT2D eigenvalue weighted by molar-refractivity contribution is 8.00. The van der Waals surface area contributed by atoms with Crippen molar-refractivity contribution in [3.8, 4) is 11.5 Å². The SMILES string of the molecule is O=C1CS[C@@H](c2ccccc2)N1c1ccc(Oc2ccccc2)cc1. The Morgan fingerprint density at radius 1 is 0.800 bits per heavy atom. The van der Waals surface area contributed by atoms with Crippen LogP contribution in [0.3, 0.4) is 0 Å². The Morgan fingerprint density at radius 3 is 2.08 bits per heavy atom. The number of ether oxygens (including phenoxy) is 1. The molecule has 0 spiro atoms. The molecule has 3 nitrogen and oxygen atoms in total. The van der Waals surface area contributed by atoms with Crippen LogP contribution < -0.4 is 9.64 Å². The van der Waals surface area contributed by atoms with Gasteiger partial charge in [-0.05, 0) is 42.0 Å². The summed E-state index contributed by atoms with van der Waals surface area (Å²) < 4.78 is 5.83. The number of carbonyl (C=O) groups is 1. The molecule has 1 heterocycles. The number of rotatable bonds is 4. The molecule has 3 aromatic carbocycles. The molecule has 0 saturated carbocycles. The van der Waals surface area contributed by atoms with E-state index in [-0.39, 0.29) is 11.3 Å². The molecule has 0 radical (unpaired) electrons. The summed E-state index contributed by atoms with van der Waals surface area (Å²) in [5.41, 5.74) is 2.03. The number of nitrogens with zero attached hydrogens (tertiary/aromatic N) is 1. The quantitative estimate of drug-likeness (QED) is 0.645. The predicted octanol–water partition coefficient (Wildman–Crippen LogP) is 5.26. The number of carbonyl (C=O) groups excluding carboxylic acids is 1. The molecule has 25 heavy (non-hydrogen) atoms. The van der Waals surface area contributed by atoms with Gasteiger partial charge in [0.1, 0.15) is 16.9 Å². The minimum Gasteiger partial charge on any atom is -0.457 e. The lowest BCUT2D eigenvalue weighted by molar-refractivity contribution is -0.115. The van der Waals surface area contributed by atoms with Crippen molar-refractivity contribution in [3.63, 3.8) is 0 Å². The Kier molecular flexibility index (Phi) is 4.44. The van der Waals surface area contributed by atoms with Crippen LogP contribution in [0.1, 0.15) is 10.9 Å². The maximum absolute atomic E-state index is 12.4. The van der Waals surface area contributed by atoms with Crippen LogP contribution >= 0.6 is 11.8 Å². The molecular weight excluding hydrogens is 330 g/mol. The number of thioether (sulfide) groups is 1. The fraction of sp³-hybridized carbons (Fsp3) is 0.0952. The molecular formula is C21H17NO2S. The van der Waals surface area contributed by atoms with Gasteiger partial charge in [0.25, 0.3) is 0 Å². The number of hydrogen-bond donors (Lipinski definition) is 0. The van der Waals surface area contributed by atoms with Gasteiger partial charge in [0.05, 0.1) is 5.75 Å². The van der Waals surface area contributed by atoms with Crippen LogP contribution in [-0.4, -0.2) is 11.7 Å². The summed E-state index contributed by atoms with van der Waals surface area (Å²) in [5, 5.41) is 0.0228. The van der Waals surface area contributed by atoms with Gasteiger partial charge < -0.3 is 4.74 Å². The molecule has 0 bridgehead atoms. The first-order chi connectivity index (χ1) is 12.3. The van der Waals surface area contributed by atoms with Crippen LogP contribution in [0.5, 0.6) is 11.5 Å². The van der Waals surface area contributed by atoms with Crippen molar-refractivity contribution in [1.29, 1.82) is 0 Å². The third-order valence-corrected chi connectivity index (χ3v) is 5.26. The lowest BCUT2D eigenvalue weighted by Crippen LogP contribution is -2.27. The van der Waals surface area contributed by atoms with E-state index in [1.165, 1.54) is 0 Å². The number of benzene rings is 3. The minimum atomic E-state index is 0.0228. The maximum atomic E-state index is 12.4. The third kappa shape index (κ3) is 3.39. The highest BCUT2D eigenvalue weighted by Gasteiger charge is 2.33. The minimum absolute atomic E-state index is 0.0228. The van der Waals surface area contributed by atoms with Gasteiger partial charge >= 0.3 is 0 Å². The summed E-state index contributed by atoms with van der Waals surface area (Å²) in [4.78, 5) is 14.3. The fourth-order valence-electron chi connectivity index (χ4n) is 2.87. The average molecular weight is 347 g/mol. The first kappa shape index (κ1) is 15.8. The van der Waals surface area contributed by atoms with Gasteiger partial charge in [-0.1, -0.05) is 48.5 Å². The Balaban J connectivity index is 1.57. The zero-order chi connectivity index (χ0) is 17.1. The molecule has 4 rings (SSSR count). The number of hydrogen-bond acceptors (Lipinski definition) is 3. The lowest BCUT2D eigenvalue weighted by Gasteiger charge is -2.24. The van der Waals surface area contributed by atoms with E-state index >= 15 is 0 Å². The van der Waals surface area contributed by atoms with E-state index in [2.05, 4.69) is 12.1 Å². The molecule has 4 heteroatoms. The van der Waals surface area contributed by atoms with Crippen molar-refractivity contribution in [3.05, 3.63) is 90.5 Å². The first-order valence-corrected chi connectivity index (χ1v) is 9.18. The van der Waals surface area contributed by atoms with Crippen LogP contribution in [0.25, 0.3) is 0 Å². The summed E-state index contributed by atoms with van der Waals surface area (Å²) >= 11 is 1.66. The monoisotopic (exact) mass is 347 g/mol. The smallest absolute Gasteiger partial charge is 0.238 e. The van der Waals surface area contributed by atoms with Gasteiger partial charge in [0.2, 0.25) is 5.91 Å². The Morgan fingerprint density at radius 2 is 1.40 bits per heavy atom. The number of anilines is 1. The van der Waals surface area contributed by atoms with Gasteiger partial charge in [-0.25, -0.2) is 0 Å². The van der Waals surface area contributed by atoms with Crippen LogP contribution in [0, 0.1) is 0 Å². The lowest BCUT2D eigenvalue weighted by atomic mass is 10.2. The van der Waals surface area contributed by atoms with Crippen molar-refractivity contribution in [1.82, 2.24) is 0 Å². The Hall–Kier alpha value is -2.72. The molecule has 1 aliphatic rings. The number of amides is 1. The molecule has 0 aromatic heterocycles. The molecule has 1 amide bonds. The summed E-state index contributed by atoms with van der Waals surface area (Å²) in [6.07, 6.45) is 0. The van der Waals surface area contributed by atoms with Gasteiger partial charge in [0.15, 0.2) is 0 Å². The highest BCUT2D eigenvalue weighted by Crippen LogP contribution is 2.42. The molecule has 3 aromatic rings. The van der Waals surface area contributed by atoms with Crippen LogP contribution in [-0.2, 0) is 4.79 Å². The summed E-state index contributed by atoms with van der Waals surface area (Å²) in [6, 6.07) is 27.5. The third-order valence-electron chi connectivity index (χ3n) is 4.05. The fourth-order valence-corrected chi connectivity index (χ4v) is 4.04. The first-order valence-electron chi connectivity index (χ1n) is 8.13. The standard InChI is InChI=1S/C21H17NO2S/c23-20-15-25-21(16-7-3-1-4-8-16)22(20)17-11-13-19(14-12-17)24-18-9-5-2-6-10-18/h1-14,21H,15H2/t21-/m0/s1. The van der Waals surface area contributed by atoms with E-state index in [9.17, 15) is 4.79 Å². The molecule has 0 N–H and O–H groups in total. The second kappa shape index (κ2) is 7.03. The largest absolute Gasteiger partial charge is 0.457 e. The van der Waals surface area contributed by atoms with Gasteiger partial charge in [-0.15, -0.1) is 11.8 Å². The van der Waals surface area contributed by atoms with Crippen molar-refractivity contribution >= 4 is 23.4 Å². The summed E-state index contributed by atoms with van der Waals surface area (Å²) in [6.45, 7) is 0. The van der Waals surface area contributed by atoms with Crippen LogP contribution in [0.2, 0.25) is 0 Å². The second-order valence-electron chi connectivity index (χ2n) is 5.75. The molecule has 1 saturated heterocycles.